The Kier molecular flexibility index (Phi) is 2.30. The third kappa shape index (κ3) is 1.61. The van der Waals surface area contributed by atoms with Crippen molar-refractivity contribution in [1.29, 1.82) is 0 Å². The Morgan fingerprint density at radius 3 is 2.67 bits per heavy atom. The maximum Gasteiger partial charge on any atom is 0.223 e. The molecule has 0 radical (unpaired) electrons. The first-order valence-electron chi connectivity index (χ1n) is 4.87. The third-order valence-corrected chi connectivity index (χ3v) is 2.88. The van der Waals surface area contributed by atoms with E-state index in [4.69, 9.17) is 0 Å². The molecule has 0 spiro atoms. The second kappa shape index (κ2) is 3.44. The zero-order chi connectivity index (χ0) is 8.39. The lowest BCUT2D eigenvalue weighted by Gasteiger charge is -2.25. The van der Waals surface area contributed by atoms with Crippen LogP contribution in [0.5, 0.6) is 0 Å². The Bertz CT molecular complexity index is 171. The van der Waals surface area contributed by atoms with Crippen molar-refractivity contribution >= 4 is 5.91 Å². The van der Waals surface area contributed by atoms with Crippen LogP contribution in [0.4, 0.5) is 0 Å². The minimum Gasteiger partial charge on any atom is -0.352 e. The lowest BCUT2D eigenvalue weighted by atomic mass is 9.84. The minimum absolute atomic E-state index is 0.287. The zero-order valence-corrected chi connectivity index (χ0v) is 7.31. The van der Waals surface area contributed by atoms with Gasteiger partial charge in [0.25, 0.3) is 0 Å². The van der Waals surface area contributed by atoms with Gasteiger partial charge in [-0.1, -0.05) is 6.42 Å². The van der Waals surface area contributed by atoms with Crippen LogP contribution in [-0.4, -0.2) is 25.0 Å². The molecule has 2 fully saturated rings. The Labute approximate surface area is 72.9 Å². The van der Waals surface area contributed by atoms with E-state index in [1.165, 1.54) is 6.42 Å². The molecule has 0 unspecified atom stereocenters. The van der Waals surface area contributed by atoms with Gasteiger partial charge in [-0.15, -0.1) is 0 Å². The molecule has 0 aromatic heterocycles. The van der Waals surface area contributed by atoms with Gasteiger partial charge in [0, 0.05) is 18.5 Å². The van der Waals surface area contributed by atoms with E-state index in [0.29, 0.717) is 12.0 Å². The molecule has 1 aliphatic heterocycles. The predicted molar refractivity (Wildman–Crippen MR) is 46.8 cm³/mol. The van der Waals surface area contributed by atoms with Crippen LogP contribution in [0.2, 0.25) is 0 Å². The molecule has 3 heteroatoms. The molecule has 1 aliphatic carbocycles. The first-order valence-corrected chi connectivity index (χ1v) is 4.87. The summed E-state index contributed by atoms with van der Waals surface area (Å²) in [6.07, 6.45) is 4.54. The molecule has 2 N–H and O–H groups in total. The molecule has 2 aliphatic rings. The number of hydrogen-bond acceptors (Lipinski definition) is 2. The van der Waals surface area contributed by atoms with E-state index in [1.807, 2.05) is 0 Å². The summed E-state index contributed by atoms with van der Waals surface area (Å²) < 4.78 is 0. The van der Waals surface area contributed by atoms with Gasteiger partial charge in [-0.2, -0.15) is 0 Å². The predicted octanol–water partition coefficient (Wildman–Crippen LogP) is 0.265. The van der Waals surface area contributed by atoms with Gasteiger partial charge in [-0.05, 0) is 25.8 Å². The highest BCUT2D eigenvalue weighted by atomic mass is 16.2. The fraction of sp³-hybridized carbons (Fsp3) is 0.889. The van der Waals surface area contributed by atoms with Crippen LogP contribution in [0.3, 0.4) is 0 Å². The standard InChI is InChI=1S/C9H16N2O/c12-9(7-2-1-3-7)11-8-4-5-10-6-8/h7-8,10H,1-6H2,(H,11,12)/t8-/m1/s1. The van der Waals surface area contributed by atoms with Crippen molar-refractivity contribution in [3.8, 4) is 0 Å². The van der Waals surface area contributed by atoms with Crippen molar-refractivity contribution in [2.75, 3.05) is 13.1 Å². The molecule has 1 saturated heterocycles. The maximum absolute atomic E-state index is 11.4. The highest BCUT2D eigenvalue weighted by Crippen LogP contribution is 2.26. The quantitative estimate of drug-likeness (QED) is 0.621. The molecule has 0 aromatic carbocycles. The number of amides is 1. The lowest BCUT2D eigenvalue weighted by molar-refractivity contribution is -0.128. The highest BCUT2D eigenvalue weighted by Gasteiger charge is 2.27. The van der Waals surface area contributed by atoms with Crippen LogP contribution in [0.25, 0.3) is 0 Å². The van der Waals surface area contributed by atoms with Crippen molar-refractivity contribution in [3.05, 3.63) is 0 Å². The minimum atomic E-state index is 0.287. The average Bonchev–Trinajstić information content (AvgIpc) is 2.34. The van der Waals surface area contributed by atoms with Gasteiger partial charge in [0.05, 0.1) is 0 Å². The van der Waals surface area contributed by atoms with Gasteiger partial charge < -0.3 is 10.6 Å². The van der Waals surface area contributed by atoms with Gasteiger partial charge in [-0.25, -0.2) is 0 Å². The van der Waals surface area contributed by atoms with Crippen LogP contribution < -0.4 is 10.6 Å². The normalized spacial score (nSPS) is 29.8. The third-order valence-electron chi connectivity index (χ3n) is 2.88. The van der Waals surface area contributed by atoms with Gasteiger partial charge in [-0.3, -0.25) is 4.79 Å². The molecule has 2 rings (SSSR count). The van der Waals surface area contributed by atoms with Gasteiger partial charge in [0.1, 0.15) is 0 Å². The van der Waals surface area contributed by atoms with Crippen molar-refractivity contribution in [2.45, 2.75) is 31.7 Å². The summed E-state index contributed by atoms with van der Waals surface area (Å²) in [6.45, 7) is 2.01. The molecule has 12 heavy (non-hydrogen) atoms. The molecule has 1 saturated carbocycles. The molecule has 1 amide bonds. The Balaban J connectivity index is 1.73. The van der Waals surface area contributed by atoms with E-state index in [9.17, 15) is 4.79 Å². The fourth-order valence-electron chi connectivity index (χ4n) is 1.77. The summed E-state index contributed by atoms with van der Waals surface area (Å²) in [4.78, 5) is 11.4. The monoisotopic (exact) mass is 168 g/mol. The second-order valence-corrected chi connectivity index (χ2v) is 3.83. The Morgan fingerprint density at radius 1 is 1.33 bits per heavy atom. The maximum atomic E-state index is 11.4. The lowest BCUT2D eigenvalue weighted by Crippen LogP contribution is -2.41. The van der Waals surface area contributed by atoms with Crippen LogP contribution in [0.1, 0.15) is 25.7 Å². The largest absolute Gasteiger partial charge is 0.352 e. The first-order chi connectivity index (χ1) is 5.86. The topological polar surface area (TPSA) is 41.1 Å². The number of rotatable bonds is 2. The van der Waals surface area contributed by atoms with E-state index in [0.717, 1.165) is 32.4 Å². The van der Waals surface area contributed by atoms with E-state index in [2.05, 4.69) is 10.6 Å². The van der Waals surface area contributed by atoms with Crippen LogP contribution in [0.15, 0.2) is 0 Å². The number of hydrogen-bond donors (Lipinski definition) is 2. The molecule has 1 heterocycles. The van der Waals surface area contributed by atoms with Crippen molar-refractivity contribution < 1.29 is 4.79 Å². The van der Waals surface area contributed by atoms with Crippen LogP contribution in [-0.2, 0) is 4.79 Å². The number of carbonyl (C=O) groups excluding carboxylic acids is 1. The highest BCUT2D eigenvalue weighted by molar-refractivity contribution is 5.79. The molecular weight excluding hydrogens is 152 g/mol. The van der Waals surface area contributed by atoms with E-state index >= 15 is 0 Å². The second-order valence-electron chi connectivity index (χ2n) is 3.83. The molecule has 3 nitrogen and oxygen atoms in total. The zero-order valence-electron chi connectivity index (χ0n) is 7.31. The number of carbonyl (C=O) groups is 1. The van der Waals surface area contributed by atoms with E-state index in [1.54, 1.807) is 0 Å². The molecule has 0 bridgehead atoms. The summed E-state index contributed by atoms with van der Waals surface area (Å²) in [5.41, 5.74) is 0. The molecule has 0 aromatic rings. The summed E-state index contributed by atoms with van der Waals surface area (Å²) in [6, 6.07) is 0.401. The summed E-state index contributed by atoms with van der Waals surface area (Å²) in [5.74, 6) is 0.626. The smallest absolute Gasteiger partial charge is 0.223 e. The van der Waals surface area contributed by atoms with Crippen molar-refractivity contribution in [3.63, 3.8) is 0 Å². The van der Waals surface area contributed by atoms with E-state index < -0.39 is 0 Å². The fourth-order valence-corrected chi connectivity index (χ4v) is 1.77. The summed E-state index contributed by atoms with van der Waals surface area (Å²) >= 11 is 0. The molecular formula is C9H16N2O. The SMILES string of the molecule is O=C(N[C@@H]1CCNC1)C1CCC1. The molecule has 1 atom stereocenters. The van der Waals surface area contributed by atoms with Gasteiger partial charge in [0.2, 0.25) is 5.91 Å². The first kappa shape index (κ1) is 8.05. The Morgan fingerprint density at radius 2 is 2.17 bits per heavy atom. The van der Waals surface area contributed by atoms with Crippen molar-refractivity contribution in [2.24, 2.45) is 5.92 Å². The van der Waals surface area contributed by atoms with Crippen molar-refractivity contribution in [1.82, 2.24) is 10.6 Å². The van der Waals surface area contributed by atoms with Crippen LogP contribution >= 0.6 is 0 Å². The van der Waals surface area contributed by atoms with Gasteiger partial charge >= 0.3 is 0 Å². The molecule has 68 valence electrons. The summed E-state index contributed by atoms with van der Waals surface area (Å²) in [7, 11) is 0. The average molecular weight is 168 g/mol. The van der Waals surface area contributed by atoms with Gasteiger partial charge in [0.15, 0.2) is 0 Å². The Hall–Kier alpha value is -0.570. The number of nitrogens with one attached hydrogen (secondary N) is 2. The van der Waals surface area contributed by atoms with Crippen LogP contribution in [0, 0.1) is 5.92 Å². The summed E-state index contributed by atoms with van der Waals surface area (Å²) in [5, 5.41) is 6.32. The van der Waals surface area contributed by atoms with E-state index in [-0.39, 0.29) is 5.91 Å².